The molecular weight excluding hydrogens is 423 g/mol. The summed E-state index contributed by atoms with van der Waals surface area (Å²) in [5, 5.41) is 19.9. The molecule has 0 fully saturated rings. The molecule has 0 bridgehead atoms. The van der Waals surface area contributed by atoms with E-state index in [0.29, 0.717) is 34.7 Å². The number of rotatable bonds is 8. The van der Waals surface area contributed by atoms with E-state index in [2.05, 4.69) is 20.5 Å². The molecule has 2 heterocycles. The number of carbonyl (C=O) groups is 1. The van der Waals surface area contributed by atoms with Crippen LogP contribution in [0.4, 0.5) is 4.39 Å². The van der Waals surface area contributed by atoms with Gasteiger partial charge in [0.15, 0.2) is 0 Å². The number of hydrogen-bond acceptors (Lipinski definition) is 5. The first-order chi connectivity index (χ1) is 16.1. The van der Waals surface area contributed by atoms with Gasteiger partial charge in [0.1, 0.15) is 11.6 Å². The van der Waals surface area contributed by atoms with Crippen molar-refractivity contribution >= 4 is 5.91 Å². The maximum Gasteiger partial charge on any atom is 0.252 e. The lowest BCUT2D eigenvalue weighted by atomic mass is 10.0. The van der Waals surface area contributed by atoms with Gasteiger partial charge in [-0.2, -0.15) is 5.10 Å². The normalized spacial score (nSPS) is 11.7. The Morgan fingerprint density at radius 1 is 1.15 bits per heavy atom. The molecule has 0 aliphatic rings. The summed E-state index contributed by atoms with van der Waals surface area (Å²) in [6.45, 7) is -0.230. The molecule has 0 unspecified atom stereocenters. The van der Waals surface area contributed by atoms with Crippen molar-refractivity contribution in [2.45, 2.75) is 12.5 Å². The van der Waals surface area contributed by atoms with Crippen molar-refractivity contribution in [1.82, 2.24) is 20.5 Å². The van der Waals surface area contributed by atoms with Gasteiger partial charge < -0.3 is 15.2 Å². The minimum atomic E-state index is -0.501. The number of amides is 1. The average Bonchev–Trinajstić information content (AvgIpc) is 3.34. The molecular formula is C25H23FN4O3. The van der Waals surface area contributed by atoms with Gasteiger partial charge in [0.25, 0.3) is 5.91 Å². The summed E-state index contributed by atoms with van der Waals surface area (Å²) in [7, 11) is 1.55. The molecule has 4 aromatic rings. The molecule has 0 saturated carbocycles. The Morgan fingerprint density at radius 2 is 1.97 bits per heavy atom. The molecule has 4 rings (SSSR count). The molecule has 0 aliphatic carbocycles. The number of nitrogens with one attached hydrogen (secondary N) is 2. The smallest absolute Gasteiger partial charge is 0.252 e. The van der Waals surface area contributed by atoms with Crippen LogP contribution in [0.3, 0.4) is 0 Å². The van der Waals surface area contributed by atoms with Crippen LogP contribution in [0, 0.1) is 5.82 Å². The van der Waals surface area contributed by atoms with Crippen molar-refractivity contribution in [3.63, 3.8) is 0 Å². The molecule has 33 heavy (non-hydrogen) atoms. The highest BCUT2D eigenvalue weighted by atomic mass is 19.1. The van der Waals surface area contributed by atoms with Crippen molar-refractivity contribution in [3.05, 3.63) is 90.0 Å². The molecule has 1 amide bonds. The van der Waals surface area contributed by atoms with Crippen molar-refractivity contribution in [2.75, 3.05) is 13.7 Å². The largest absolute Gasteiger partial charge is 0.497 e. The number of methoxy groups -OCH3 is 1. The summed E-state index contributed by atoms with van der Waals surface area (Å²) in [5.41, 5.74) is 3.70. The molecule has 0 aliphatic heterocycles. The van der Waals surface area contributed by atoms with Gasteiger partial charge in [-0.15, -0.1) is 0 Å². The summed E-state index contributed by atoms with van der Waals surface area (Å²) in [6.07, 6.45) is 2.07. The summed E-state index contributed by atoms with van der Waals surface area (Å²) in [4.78, 5) is 17.4. The third kappa shape index (κ3) is 5.24. The molecule has 168 valence electrons. The van der Waals surface area contributed by atoms with Crippen molar-refractivity contribution in [3.8, 4) is 28.3 Å². The van der Waals surface area contributed by atoms with Gasteiger partial charge in [0.2, 0.25) is 0 Å². The van der Waals surface area contributed by atoms with E-state index in [-0.39, 0.29) is 18.3 Å². The third-order valence-corrected chi connectivity index (χ3v) is 5.22. The number of pyridine rings is 1. The average molecular weight is 446 g/mol. The van der Waals surface area contributed by atoms with Crippen LogP contribution >= 0.6 is 0 Å². The fourth-order valence-electron chi connectivity index (χ4n) is 3.50. The molecule has 3 N–H and O–H groups in total. The molecule has 1 atom stereocenters. The Balaban J connectivity index is 1.61. The van der Waals surface area contributed by atoms with Gasteiger partial charge in [-0.1, -0.05) is 6.07 Å². The van der Waals surface area contributed by atoms with Gasteiger partial charge in [0, 0.05) is 35.0 Å². The fraction of sp³-hybridized carbons (Fsp3) is 0.160. The lowest BCUT2D eigenvalue weighted by Gasteiger charge is -2.17. The zero-order chi connectivity index (χ0) is 23.2. The van der Waals surface area contributed by atoms with E-state index in [9.17, 15) is 14.3 Å². The molecule has 0 saturated heterocycles. The Labute approximate surface area is 190 Å². The number of aromatic nitrogens is 3. The monoisotopic (exact) mass is 446 g/mol. The van der Waals surface area contributed by atoms with Crippen LogP contribution in [0.2, 0.25) is 0 Å². The number of benzene rings is 2. The van der Waals surface area contributed by atoms with E-state index in [1.54, 1.807) is 49.7 Å². The minimum absolute atomic E-state index is 0.230. The lowest BCUT2D eigenvalue weighted by molar-refractivity contribution is 0.0917. The highest BCUT2D eigenvalue weighted by molar-refractivity contribution is 6.01. The summed E-state index contributed by atoms with van der Waals surface area (Å²) >= 11 is 0. The zero-order valence-electron chi connectivity index (χ0n) is 18.0. The number of aromatic amines is 1. The van der Waals surface area contributed by atoms with Crippen LogP contribution < -0.4 is 10.1 Å². The Bertz CT molecular complexity index is 1230. The number of aliphatic hydroxyl groups excluding tert-OH is 1. The predicted molar refractivity (Wildman–Crippen MR) is 122 cm³/mol. The third-order valence-electron chi connectivity index (χ3n) is 5.22. The molecule has 2 aromatic heterocycles. The number of nitrogens with zero attached hydrogens (tertiary/aromatic N) is 2. The van der Waals surface area contributed by atoms with Gasteiger partial charge in [-0.25, -0.2) is 4.39 Å². The quantitative estimate of drug-likeness (QED) is 0.384. The summed E-state index contributed by atoms with van der Waals surface area (Å²) in [5.74, 6) is -0.0994. The molecule has 0 spiro atoms. The summed E-state index contributed by atoms with van der Waals surface area (Å²) < 4.78 is 18.6. The van der Waals surface area contributed by atoms with Crippen LogP contribution in [0.1, 0.15) is 16.1 Å². The van der Waals surface area contributed by atoms with E-state index in [1.807, 2.05) is 18.2 Å². The van der Waals surface area contributed by atoms with Crippen molar-refractivity contribution in [1.29, 1.82) is 0 Å². The zero-order valence-corrected chi connectivity index (χ0v) is 18.0. The van der Waals surface area contributed by atoms with E-state index in [1.165, 1.54) is 12.1 Å². The molecule has 8 heteroatoms. The topological polar surface area (TPSA) is 100 Å². The number of H-pyrrole nitrogens is 1. The van der Waals surface area contributed by atoms with E-state index in [0.717, 1.165) is 11.3 Å². The first-order valence-electron chi connectivity index (χ1n) is 10.4. The van der Waals surface area contributed by atoms with Crippen LogP contribution in [0.25, 0.3) is 22.5 Å². The number of carbonyl (C=O) groups excluding carboxylic acids is 1. The first-order valence-corrected chi connectivity index (χ1v) is 10.4. The highest BCUT2D eigenvalue weighted by Gasteiger charge is 2.20. The van der Waals surface area contributed by atoms with Gasteiger partial charge in [0.05, 0.1) is 31.1 Å². The second-order valence-electron chi connectivity index (χ2n) is 7.46. The van der Waals surface area contributed by atoms with Crippen LogP contribution in [0.5, 0.6) is 5.75 Å². The standard InChI is InChI=1S/C25H23FN4O3/c1-33-20-9-10-21(25(32)28-19(15-31)12-18-4-2-3-11-27-18)22(13-20)24-14-23(29-30-24)16-5-7-17(26)8-6-16/h2-11,13-14,19,31H,12,15H2,1H3,(H,28,32)(H,29,30)/t19-/m1/s1. The first kappa shape index (κ1) is 22.2. The minimum Gasteiger partial charge on any atom is -0.497 e. The number of aliphatic hydroxyl groups is 1. The highest BCUT2D eigenvalue weighted by Crippen LogP contribution is 2.30. The van der Waals surface area contributed by atoms with Crippen LogP contribution in [-0.4, -0.2) is 46.0 Å². The maximum absolute atomic E-state index is 13.3. The Morgan fingerprint density at radius 3 is 2.67 bits per heavy atom. The van der Waals surface area contributed by atoms with Gasteiger partial charge in [-0.05, 0) is 60.7 Å². The number of hydrogen-bond donors (Lipinski definition) is 3. The van der Waals surface area contributed by atoms with E-state index >= 15 is 0 Å². The SMILES string of the molecule is COc1ccc(C(=O)N[C@@H](CO)Cc2ccccn2)c(-c2cc(-c3ccc(F)cc3)n[nH]2)c1. The lowest BCUT2D eigenvalue weighted by Crippen LogP contribution is -2.39. The van der Waals surface area contributed by atoms with Crippen LogP contribution in [0.15, 0.2) is 72.9 Å². The Hall–Kier alpha value is -4.04. The predicted octanol–water partition coefficient (Wildman–Crippen LogP) is 3.62. The second-order valence-corrected chi connectivity index (χ2v) is 7.46. The van der Waals surface area contributed by atoms with Gasteiger partial charge in [-0.3, -0.25) is 14.9 Å². The number of ether oxygens (including phenoxy) is 1. The van der Waals surface area contributed by atoms with Crippen LogP contribution in [-0.2, 0) is 6.42 Å². The molecule has 0 radical (unpaired) electrons. The molecule has 2 aromatic carbocycles. The summed E-state index contributed by atoms with van der Waals surface area (Å²) in [6, 6.07) is 17.9. The number of halogens is 1. The Kier molecular flexibility index (Phi) is 6.75. The van der Waals surface area contributed by atoms with Gasteiger partial charge >= 0.3 is 0 Å². The fourth-order valence-corrected chi connectivity index (χ4v) is 3.50. The van der Waals surface area contributed by atoms with E-state index < -0.39 is 6.04 Å². The maximum atomic E-state index is 13.3. The second kappa shape index (κ2) is 10.1. The van der Waals surface area contributed by atoms with Crippen molar-refractivity contribution in [2.24, 2.45) is 0 Å². The van der Waals surface area contributed by atoms with Crippen molar-refractivity contribution < 1.29 is 19.0 Å². The molecule has 7 nitrogen and oxygen atoms in total. The van der Waals surface area contributed by atoms with E-state index in [4.69, 9.17) is 4.74 Å².